The van der Waals surface area contributed by atoms with Gasteiger partial charge in [-0.2, -0.15) is 0 Å². The number of hydrogen-bond acceptors (Lipinski definition) is 2. The molecule has 0 spiro atoms. The van der Waals surface area contributed by atoms with Gasteiger partial charge in [-0.3, -0.25) is 0 Å². The molecule has 0 saturated heterocycles. The van der Waals surface area contributed by atoms with E-state index in [0.29, 0.717) is 0 Å². The summed E-state index contributed by atoms with van der Waals surface area (Å²) in [5.41, 5.74) is 4.51. The van der Waals surface area contributed by atoms with Crippen LogP contribution in [0.5, 0.6) is 0 Å². The Morgan fingerprint density at radius 1 is 1.12 bits per heavy atom. The molecule has 0 aliphatic carbocycles. The molecular weight excluding hydrogens is 198 g/mol. The highest BCUT2D eigenvalue weighted by Gasteiger charge is 2.17. The molecule has 0 N–H and O–H groups in total. The van der Waals surface area contributed by atoms with Gasteiger partial charge >= 0.3 is 0 Å². The predicted octanol–water partition coefficient (Wildman–Crippen LogP) is 4.03. The molecule has 0 aliphatic heterocycles. The molecule has 1 aromatic carbocycles. The van der Waals surface area contributed by atoms with Crippen LogP contribution in [0.25, 0.3) is 11.1 Å². The maximum Gasteiger partial charge on any atom is 0.196 e. The Morgan fingerprint density at radius 2 is 1.75 bits per heavy atom. The summed E-state index contributed by atoms with van der Waals surface area (Å²) in [6, 6.07) is 4.19. The van der Waals surface area contributed by atoms with Crippen LogP contribution < -0.4 is 0 Å². The van der Waals surface area contributed by atoms with Crippen molar-refractivity contribution in [3.8, 4) is 0 Å². The fourth-order valence-electron chi connectivity index (χ4n) is 1.83. The summed E-state index contributed by atoms with van der Waals surface area (Å²) in [7, 11) is 0. The minimum atomic E-state index is 0.211. The van der Waals surface area contributed by atoms with E-state index < -0.39 is 0 Å². The fourth-order valence-corrected chi connectivity index (χ4v) is 1.83. The van der Waals surface area contributed by atoms with E-state index in [1.165, 1.54) is 5.56 Å². The third-order valence-electron chi connectivity index (χ3n) is 2.67. The standard InChI is InChI=1S/C14H19NO/c1-9-6-7-10(2)13-12(9)15-11(16-13)8-14(3,4)5/h6-7H,8H2,1-5H3. The first-order valence-corrected chi connectivity index (χ1v) is 5.72. The third kappa shape index (κ3) is 2.11. The van der Waals surface area contributed by atoms with Crippen molar-refractivity contribution in [1.82, 2.24) is 4.98 Å². The van der Waals surface area contributed by atoms with Crippen LogP contribution in [0, 0.1) is 19.3 Å². The first kappa shape index (κ1) is 11.2. The first-order valence-electron chi connectivity index (χ1n) is 5.72. The number of aryl methyl sites for hydroxylation is 2. The molecule has 2 nitrogen and oxygen atoms in total. The lowest BCUT2D eigenvalue weighted by Gasteiger charge is -2.14. The number of aromatic nitrogens is 1. The molecule has 0 amide bonds. The quantitative estimate of drug-likeness (QED) is 0.720. The van der Waals surface area contributed by atoms with Gasteiger partial charge < -0.3 is 4.42 Å². The van der Waals surface area contributed by atoms with Crippen LogP contribution in [0.15, 0.2) is 16.5 Å². The van der Waals surface area contributed by atoms with Gasteiger partial charge in [0, 0.05) is 6.42 Å². The van der Waals surface area contributed by atoms with Gasteiger partial charge in [0.15, 0.2) is 11.5 Å². The zero-order valence-electron chi connectivity index (χ0n) is 10.7. The van der Waals surface area contributed by atoms with Gasteiger partial charge in [-0.1, -0.05) is 32.9 Å². The van der Waals surface area contributed by atoms with Crippen molar-refractivity contribution in [1.29, 1.82) is 0 Å². The molecule has 2 rings (SSSR count). The van der Waals surface area contributed by atoms with Gasteiger partial charge in [0.1, 0.15) is 5.52 Å². The molecular formula is C14H19NO. The summed E-state index contributed by atoms with van der Waals surface area (Å²) in [6.07, 6.45) is 0.876. The molecule has 1 aromatic heterocycles. The highest BCUT2D eigenvalue weighted by Crippen LogP contribution is 2.26. The van der Waals surface area contributed by atoms with Crippen molar-refractivity contribution < 1.29 is 4.42 Å². The number of rotatable bonds is 1. The molecule has 0 fully saturated rings. The molecule has 0 aliphatic rings. The normalized spacial score (nSPS) is 12.3. The van der Waals surface area contributed by atoms with E-state index in [1.54, 1.807) is 0 Å². The second-order valence-electron chi connectivity index (χ2n) is 5.72. The van der Waals surface area contributed by atoms with Crippen molar-refractivity contribution in [3.05, 3.63) is 29.2 Å². The second-order valence-corrected chi connectivity index (χ2v) is 5.72. The largest absolute Gasteiger partial charge is 0.440 e. The average molecular weight is 217 g/mol. The Balaban J connectivity index is 2.52. The van der Waals surface area contributed by atoms with Crippen LogP contribution in [0.4, 0.5) is 0 Å². The molecule has 1 heterocycles. The number of nitrogens with zero attached hydrogens (tertiary/aromatic N) is 1. The lowest BCUT2D eigenvalue weighted by Crippen LogP contribution is -2.09. The Kier molecular flexibility index (Phi) is 2.53. The Morgan fingerprint density at radius 3 is 2.31 bits per heavy atom. The molecule has 0 unspecified atom stereocenters. The highest BCUT2D eigenvalue weighted by molar-refractivity contribution is 5.79. The molecule has 2 heteroatoms. The van der Waals surface area contributed by atoms with Crippen LogP contribution in [0.3, 0.4) is 0 Å². The molecule has 86 valence electrons. The van der Waals surface area contributed by atoms with Gasteiger partial charge in [-0.25, -0.2) is 4.98 Å². The average Bonchev–Trinajstić information content (AvgIpc) is 2.53. The summed E-state index contributed by atoms with van der Waals surface area (Å²) in [5.74, 6) is 0.847. The van der Waals surface area contributed by atoms with Crippen LogP contribution in [0.2, 0.25) is 0 Å². The van der Waals surface area contributed by atoms with Crippen molar-refractivity contribution >= 4 is 11.1 Å². The minimum Gasteiger partial charge on any atom is -0.440 e. The molecule has 2 aromatic rings. The Bertz CT molecular complexity index is 478. The fraction of sp³-hybridized carbons (Fsp3) is 0.500. The van der Waals surface area contributed by atoms with E-state index in [9.17, 15) is 0 Å². The van der Waals surface area contributed by atoms with E-state index in [2.05, 4.69) is 51.7 Å². The van der Waals surface area contributed by atoms with Crippen molar-refractivity contribution in [2.75, 3.05) is 0 Å². The maximum absolute atomic E-state index is 5.84. The van der Waals surface area contributed by atoms with Crippen LogP contribution in [-0.2, 0) is 6.42 Å². The zero-order chi connectivity index (χ0) is 11.9. The summed E-state index contributed by atoms with van der Waals surface area (Å²) >= 11 is 0. The molecule has 0 saturated carbocycles. The lowest BCUT2D eigenvalue weighted by atomic mass is 9.92. The number of benzene rings is 1. The predicted molar refractivity (Wildman–Crippen MR) is 66.6 cm³/mol. The van der Waals surface area contributed by atoms with Gasteiger partial charge in [-0.05, 0) is 30.4 Å². The van der Waals surface area contributed by atoms with Crippen molar-refractivity contribution in [2.24, 2.45) is 5.41 Å². The van der Waals surface area contributed by atoms with Crippen LogP contribution in [-0.4, -0.2) is 4.98 Å². The summed E-state index contributed by atoms with van der Waals surface area (Å²) < 4.78 is 5.84. The third-order valence-corrected chi connectivity index (χ3v) is 2.67. The summed E-state index contributed by atoms with van der Waals surface area (Å²) in [6.45, 7) is 10.7. The Hall–Kier alpha value is -1.31. The van der Waals surface area contributed by atoms with Gasteiger partial charge in [0.2, 0.25) is 0 Å². The summed E-state index contributed by atoms with van der Waals surface area (Å²) in [4.78, 5) is 4.59. The van der Waals surface area contributed by atoms with Crippen molar-refractivity contribution in [3.63, 3.8) is 0 Å². The monoisotopic (exact) mass is 217 g/mol. The molecule has 0 atom stereocenters. The zero-order valence-corrected chi connectivity index (χ0v) is 10.7. The maximum atomic E-state index is 5.84. The molecule has 0 radical (unpaired) electrons. The van der Waals surface area contributed by atoms with Gasteiger partial charge in [0.05, 0.1) is 0 Å². The van der Waals surface area contributed by atoms with Crippen LogP contribution >= 0.6 is 0 Å². The van der Waals surface area contributed by atoms with Gasteiger partial charge in [-0.15, -0.1) is 0 Å². The van der Waals surface area contributed by atoms with E-state index in [0.717, 1.165) is 29.0 Å². The topological polar surface area (TPSA) is 26.0 Å². The second kappa shape index (κ2) is 3.62. The minimum absolute atomic E-state index is 0.211. The molecule has 16 heavy (non-hydrogen) atoms. The smallest absolute Gasteiger partial charge is 0.196 e. The lowest BCUT2D eigenvalue weighted by molar-refractivity contribution is 0.361. The summed E-state index contributed by atoms with van der Waals surface area (Å²) in [5, 5.41) is 0. The number of hydrogen-bond donors (Lipinski definition) is 0. The Labute approximate surface area is 96.7 Å². The van der Waals surface area contributed by atoms with Crippen LogP contribution in [0.1, 0.15) is 37.8 Å². The molecule has 0 bridgehead atoms. The van der Waals surface area contributed by atoms with Gasteiger partial charge in [0.25, 0.3) is 0 Å². The van der Waals surface area contributed by atoms with E-state index >= 15 is 0 Å². The highest BCUT2D eigenvalue weighted by atomic mass is 16.3. The number of oxazole rings is 1. The van der Waals surface area contributed by atoms with Crippen molar-refractivity contribution in [2.45, 2.75) is 41.0 Å². The number of fused-ring (bicyclic) bond motifs is 1. The van der Waals surface area contributed by atoms with E-state index in [-0.39, 0.29) is 5.41 Å². The SMILES string of the molecule is Cc1ccc(C)c2oc(CC(C)(C)C)nc12. The van der Waals surface area contributed by atoms with E-state index in [1.807, 2.05) is 0 Å². The first-order chi connectivity index (χ1) is 7.37. The van der Waals surface area contributed by atoms with E-state index in [4.69, 9.17) is 4.42 Å².